The van der Waals surface area contributed by atoms with E-state index >= 15 is 0 Å². The molecule has 1 aromatic rings. The lowest BCUT2D eigenvalue weighted by Gasteiger charge is -2.25. The molecule has 1 atom stereocenters. The fraction of sp³-hybridized carbons (Fsp3) is 0.500. The Hall–Kier alpha value is -1.35. The molecule has 17 heavy (non-hydrogen) atoms. The van der Waals surface area contributed by atoms with Gasteiger partial charge in [0.1, 0.15) is 0 Å². The van der Waals surface area contributed by atoms with Crippen LogP contribution in [0, 0.1) is 0 Å². The van der Waals surface area contributed by atoms with Crippen LogP contribution in [0.25, 0.3) is 0 Å². The second-order valence-electron chi connectivity index (χ2n) is 4.96. The predicted octanol–water partition coefficient (Wildman–Crippen LogP) is 1.61. The standard InChI is InChI=1S/C14H18N2O/c17-14(12-5-2-1-3-6-12)16-8-4-7-13(16)11-15-9-10-15/h1-3,5-6,13H,4,7-11H2/t13-/m0/s1. The number of amides is 1. The molecular formula is C14H18N2O. The molecule has 2 aliphatic heterocycles. The van der Waals surface area contributed by atoms with Gasteiger partial charge in [-0.2, -0.15) is 0 Å². The quantitative estimate of drug-likeness (QED) is 0.736. The fourth-order valence-corrected chi connectivity index (χ4v) is 2.59. The molecule has 2 saturated heterocycles. The van der Waals surface area contributed by atoms with Gasteiger partial charge in [-0.05, 0) is 25.0 Å². The third-order valence-electron chi connectivity index (χ3n) is 3.67. The molecule has 2 aliphatic rings. The smallest absolute Gasteiger partial charge is 0.254 e. The van der Waals surface area contributed by atoms with Crippen LogP contribution in [-0.2, 0) is 0 Å². The van der Waals surface area contributed by atoms with E-state index in [0.29, 0.717) is 6.04 Å². The normalized spacial score (nSPS) is 24.0. The molecule has 3 rings (SSSR count). The lowest BCUT2D eigenvalue weighted by molar-refractivity contribution is 0.0726. The molecule has 0 radical (unpaired) electrons. The molecule has 1 aromatic carbocycles. The van der Waals surface area contributed by atoms with Crippen molar-refractivity contribution >= 4 is 5.91 Å². The van der Waals surface area contributed by atoms with Crippen molar-refractivity contribution in [2.45, 2.75) is 18.9 Å². The Kier molecular flexibility index (Phi) is 2.85. The second-order valence-corrected chi connectivity index (χ2v) is 4.96. The molecule has 0 N–H and O–H groups in total. The maximum Gasteiger partial charge on any atom is 0.254 e. The number of hydrogen-bond acceptors (Lipinski definition) is 2. The fourth-order valence-electron chi connectivity index (χ4n) is 2.59. The average molecular weight is 230 g/mol. The van der Waals surface area contributed by atoms with Gasteiger partial charge in [0.15, 0.2) is 0 Å². The van der Waals surface area contributed by atoms with Gasteiger partial charge in [-0.1, -0.05) is 18.2 Å². The summed E-state index contributed by atoms with van der Waals surface area (Å²) < 4.78 is 0. The van der Waals surface area contributed by atoms with Crippen LogP contribution in [0.2, 0.25) is 0 Å². The summed E-state index contributed by atoms with van der Waals surface area (Å²) in [6.45, 7) is 4.42. The minimum atomic E-state index is 0.204. The summed E-state index contributed by atoms with van der Waals surface area (Å²) in [5, 5.41) is 0. The van der Waals surface area contributed by atoms with E-state index < -0.39 is 0 Å². The van der Waals surface area contributed by atoms with Crippen molar-refractivity contribution in [2.75, 3.05) is 26.2 Å². The van der Waals surface area contributed by atoms with Gasteiger partial charge in [-0.3, -0.25) is 9.69 Å². The zero-order chi connectivity index (χ0) is 11.7. The van der Waals surface area contributed by atoms with E-state index in [4.69, 9.17) is 0 Å². The highest BCUT2D eigenvalue weighted by atomic mass is 16.2. The summed E-state index contributed by atoms with van der Waals surface area (Å²) >= 11 is 0. The van der Waals surface area contributed by atoms with E-state index in [0.717, 1.165) is 31.5 Å². The summed E-state index contributed by atoms with van der Waals surface area (Å²) in [6.07, 6.45) is 2.31. The van der Waals surface area contributed by atoms with Crippen molar-refractivity contribution in [2.24, 2.45) is 0 Å². The summed E-state index contributed by atoms with van der Waals surface area (Å²) in [6, 6.07) is 10.1. The molecule has 0 bridgehead atoms. The van der Waals surface area contributed by atoms with Crippen LogP contribution >= 0.6 is 0 Å². The van der Waals surface area contributed by atoms with Crippen molar-refractivity contribution in [3.05, 3.63) is 35.9 Å². The molecule has 0 saturated carbocycles. The number of rotatable bonds is 3. The van der Waals surface area contributed by atoms with Gasteiger partial charge in [0, 0.05) is 37.8 Å². The maximum atomic E-state index is 12.4. The van der Waals surface area contributed by atoms with Gasteiger partial charge in [-0.15, -0.1) is 0 Å². The molecule has 0 aromatic heterocycles. The number of nitrogens with zero attached hydrogens (tertiary/aromatic N) is 2. The predicted molar refractivity (Wildman–Crippen MR) is 66.9 cm³/mol. The lowest BCUT2D eigenvalue weighted by Crippen LogP contribution is -2.39. The Morgan fingerprint density at radius 1 is 1.18 bits per heavy atom. The second kappa shape index (κ2) is 4.49. The Bertz CT molecular complexity index is 400. The zero-order valence-corrected chi connectivity index (χ0v) is 10.0. The van der Waals surface area contributed by atoms with Crippen LogP contribution in [0.1, 0.15) is 23.2 Å². The SMILES string of the molecule is O=C(c1ccccc1)N1CCC[C@H]1CN1CC1. The highest BCUT2D eigenvalue weighted by Gasteiger charge is 2.32. The average Bonchev–Trinajstić information content (AvgIpc) is 3.06. The number of carbonyl (C=O) groups is 1. The van der Waals surface area contributed by atoms with Gasteiger partial charge < -0.3 is 4.90 Å². The molecule has 0 spiro atoms. The first-order chi connectivity index (χ1) is 8.34. The van der Waals surface area contributed by atoms with Crippen molar-refractivity contribution in [1.82, 2.24) is 9.80 Å². The number of hydrogen-bond donors (Lipinski definition) is 0. The van der Waals surface area contributed by atoms with E-state index in [1.807, 2.05) is 30.3 Å². The minimum absolute atomic E-state index is 0.204. The zero-order valence-electron chi connectivity index (χ0n) is 10.0. The molecular weight excluding hydrogens is 212 g/mol. The molecule has 3 nitrogen and oxygen atoms in total. The highest BCUT2D eigenvalue weighted by Crippen LogP contribution is 2.22. The van der Waals surface area contributed by atoms with E-state index in [9.17, 15) is 4.79 Å². The van der Waals surface area contributed by atoms with Crippen molar-refractivity contribution in [1.29, 1.82) is 0 Å². The van der Waals surface area contributed by atoms with E-state index in [1.54, 1.807) is 0 Å². The molecule has 0 aliphatic carbocycles. The monoisotopic (exact) mass is 230 g/mol. The molecule has 1 amide bonds. The molecule has 90 valence electrons. The van der Waals surface area contributed by atoms with Gasteiger partial charge >= 0.3 is 0 Å². The Morgan fingerprint density at radius 3 is 2.65 bits per heavy atom. The maximum absolute atomic E-state index is 12.4. The molecule has 2 heterocycles. The first kappa shape index (κ1) is 10.8. The highest BCUT2D eigenvalue weighted by molar-refractivity contribution is 5.94. The third-order valence-corrected chi connectivity index (χ3v) is 3.67. The Balaban J connectivity index is 1.71. The van der Waals surface area contributed by atoms with Crippen LogP contribution < -0.4 is 0 Å². The molecule has 2 fully saturated rings. The van der Waals surface area contributed by atoms with E-state index in [-0.39, 0.29) is 5.91 Å². The van der Waals surface area contributed by atoms with Crippen LogP contribution in [-0.4, -0.2) is 47.9 Å². The van der Waals surface area contributed by atoms with Crippen LogP contribution in [0.15, 0.2) is 30.3 Å². The first-order valence-electron chi connectivity index (χ1n) is 6.43. The van der Waals surface area contributed by atoms with Crippen LogP contribution in [0.4, 0.5) is 0 Å². The van der Waals surface area contributed by atoms with Gasteiger partial charge in [0.05, 0.1) is 0 Å². The van der Waals surface area contributed by atoms with Crippen molar-refractivity contribution < 1.29 is 4.79 Å². The van der Waals surface area contributed by atoms with Gasteiger partial charge in [-0.25, -0.2) is 0 Å². The van der Waals surface area contributed by atoms with Crippen molar-refractivity contribution in [3.63, 3.8) is 0 Å². The summed E-state index contributed by atoms with van der Waals surface area (Å²) in [7, 11) is 0. The Morgan fingerprint density at radius 2 is 1.94 bits per heavy atom. The van der Waals surface area contributed by atoms with Gasteiger partial charge in [0.2, 0.25) is 0 Å². The van der Waals surface area contributed by atoms with E-state index in [2.05, 4.69) is 9.80 Å². The van der Waals surface area contributed by atoms with Crippen molar-refractivity contribution in [3.8, 4) is 0 Å². The third kappa shape index (κ3) is 2.34. The van der Waals surface area contributed by atoms with Gasteiger partial charge in [0.25, 0.3) is 5.91 Å². The molecule has 3 heteroatoms. The number of benzene rings is 1. The number of carbonyl (C=O) groups excluding carboxylic acids is 1. The minimum Gasteiger partial charge on any atom is -0.334 e. The number of likely N-dealkylation sites (tertiary alicyclic amines) is 1. The topological polar surface area (TPSA) is 23.3 Å². The summed E-state index contributed by atoms with van der Waals surface area (Å²) in [5.41, 5.74) is 0.824. The summed E-state index contributed by atoms with van der Waals surface area (Å²) in [4.78, 5) is 16.8. The first-order valence-corrected chi connectivity index (χ1v) is 6.43. The lowest BCUT2D eigenvalue weighted by atomic mass is 10.1. The Labute approximate surface area is 102 Å². The largest absolute Gasteiger partial charge is 0.334 e. The molecule has 0 unspecified atom stereocenters. The summed E-state index contributed by atoms with van der Waals surface area (Å²) in [5.74, 6) is 0.204. The van der Waals surface area contributed by atoms with E-state index in [1.165, 1.54) is 13.1 Å². The van der Waals surface area contributed by atoms with Crippen LogP contribution in [0.3, 0.4) is 0 Å². The van der Waals surface area contributed by atoms with Crippen LogP contribution in [0.5, 0.6) is 0 Å².